The Balaban J connectivity index is 2.85. The van der Waals surface area contributed by atoms with E-state index in [1.54, 1.807) is 11.3 Å². The minimum atomic E-state index is 0.123. The lowest BCUT2D eigenvalue weighted by Crippen LogP contribution is -2.22. The van der Waals surface area contributed by atoms with E-state index in [1.165, 1.54) is 10.7 Å². The molecular weight excluding hydrogens is 192 g/mol. The van der Waals surface area contributed by atoms with Crippen LogP contribution in [-0.4, -0.2) is 11.5 Å². The van der Waals surface area contributed by atoms with E-state index in [0.29, 0.717) is 5.92 Å². The monoisotopic (exact) mass is 212 g/mol. The van der Waals surface area contributed by atoms with Gasteiger partial charge in [0.1, 0.15) is 0 Å². The first kappa shape index (κ1) is 11.7. The summed E-state index contributed by atoms with van der Waals surface area (Å²) < 4.78 is 0. The van der Waals surface area contributed by atoms with Crippen molar-refractivity contribution in [1.29, 1.82) is 0 Å². The van der Waals surface area contributed by atoms with Crippen molar-refractivity contribution < 1.29 is 0 Å². The van der Waals surface area contributed by atoms with E-state index in [1.807, 2.05) is 0 Å². The molecule has 0 spiro atoms. The first-order valence-corrected chi connectivity index (χ1v) is 6.01. The van der Waals surface area contributed by atoms with E-state index in [4.69, 9.17) is 5.73 Å². The first-order valence-electron chi connectivity index (χ1n) is 5.13. The Hall–Kier alpha value is -0.410. The van der Waals surface area contributed by atoms with Gasteiger partial charge in [-0.25, -0.2) is 4.98 Å². The van der Waals surface area contributed by atoms with Crippen LogP contribution in [0.4, 0.5) is 0 Å². The SMILES string of the molecule is CC(C)c1nc(C(C)(C)CCN)cs1. The summed E-state index contributed by atoms with van der Waals surface area (Å²) in [6.45, 7) is 9.50. The quantitative estimate of drug-likeness (QED) is 0.833. The second kappa shape index (κ2) is 4.41. The summed E-state index contributed by atoms with van der Waals surface area (Å²) in [5.41, 5.74) is 6.91. The molecule has 0 radical (unpaired) electrons. The summed E-state index contributed by atoms with van der Waals surface area (Å²) in [6, 6.07) is 0. The zero-order chi connectivity index (χ0) is 10.8. The fourth-order valence-corrected chi connectivity index (χ4v) is 2.38. The normalized spacial score (nSPS) is 12.4. The molecule has 0 aromatic carbocycles. The Morgan fingerprint density at radius 3 is 2.57 bits per heavy atom. The van der Waals surface area contributed by atoms with Crippen molar-refractivity contribution in [1.82, 2.24) is 4.98 Å². The van der Waals surface area contributed by atoms with Gasteiger partial charge in [-0.15, -0.1) is 11.3 Å². The Bertz CT molecular complexity index is 289. The van der Waals surface area contributed by atoms with Crippen molar-refractivity contribution >= 4 is 11.3 Å². The van der Waals surface area contributed by atoms with Crippen LogP contribution in [0.1, 0.15) is 50.7 Å². The number of nitrogens with two attached hydrogens (primary N) is 1. The number of rotatable bonds is 4. The largest absolute Gasteiger partial charge is 0.330 e. The molecule has 3 heteroatoms. The molecule has 0 fully saturated rings. The van der Waals surface area contributed by atoms with Crippen LogP contribution in [0.15, 0.2) is 5.38 Å². The molecule has 1 aromatic rings. The van der Waals surface area contributed by atoms with Crippen molar-refractivity contribution in [2.45, 2.75) is 45.4 Å². The Kier molecular flexibility index (Phi) is 3.67. The van der Waals surface area contributed by atoms with Crippen LogP contribution in [-0.2, 0) is 5.41 Å². The van der Waals surface area contributed by atoms with Crippen LogP contribution in [0.25, 0.3) is 0 Å². The molecule has 0 aliphatic carbocycles. The molecule has 1 rings (SSSR count). The minimum absolute atomic E-state index is 0.123. The maximum Gasteiger partial charge on any atom is 0.0953 e. The number of nitrogens with zero attached hydrogens (tertiary/aromatic N) is 1. The molecule has 0 saturated heterocycles. The van der Waals surface area contributed by atoms with Gasteiger partial charge in [0.15, 0.2) is 0 Å². The summed E-state index contributed by atoms with van der Waals surface area (Å²) in [5.74, 6) is 0.530. The van der Waals surface area contributed by atoms with Gasteiger partial charge in [0.05, 0.1) is 10.7 Å². The maximum atomic E-state index is 5.59. The van der Waals surface area contributed by atoms with Crippen molar-refractivity contribution in [3.63, 3.8) is 0 Å². The van der Waals surface area contributed by atoms with Gasteiger partial charge < -0.3 is 5.73 Å². The van der Waals surface area contributed by atoms with E-state index >= 15 is 0 Å². The summed E-state index contributed by atoms with van der Waals surface area (Å²) >= 11 is 1.76. The molecule has 0 aliphatic rings. The number of thiazole rings is 1. The second-order valence-corrected chi connectivity index (χ2v) is 5.54. The molecule has 0 saturated carbocycles. The standard InChI is InChI=1S/C11H20N2S/c1-8(2)10-13-9(7-14-10)11(3,4)5-6-12/h7-8H,5-6,12H2,1-4H3. The van der Waals surface area contributed by atoms with Gasteiger partial charge >= 0.3 is 0 Å². The predicted octanol–water partition coefficient (Wildman–Crippen LogP) is 2.89. The third kappa shape index (κ3) is 2.55. The molecule has 80 valence electrons. The molecule has 0 amide bonds. The van der Waals surface area contributed by atoms with Crippen LogP contribution < -0.4 is 5.73 Å². The van der Waals surface area contributed by atoms with Crippen molar-refractivity contribution in [3.05, 3.63) is 16.1 Å². The molecule has 0 aliphatic heterocycles. The van der Waals surface area contributed by atoms with Gasteiger partial charge in [0, 0.05) is 16.7 Å². The average molecular weight is 212 g/mol. The summed E-state index contributed by atoms with van der Waals surface area (Å²) in [7, 11) is 0. The lowest BCUT2D eigenvalue weighted by molar-refractivity contribution is 0.474. The minimum Gasteiger partial charge on any atom is -0.330 e. The highest BCUT2D eigenvalue weighted by atomic mass is 32.1. The molecule has 2 nitrogen and oxygen atoms in total. The first-order chi connectivity index (χ1) is 6.47. The highest BCUT2D eigenvalue weighted by molar-refractivity contribution is 7.09. The van der Waals surface area contributed by atoms with Crippen LogP contribution in [0.2, 0.25) is 0 Å². The molecule has 0 unspecified atom stereocenters. The van der Waals surface area contributed by atoms with Gasteiger partial charge in [0.2, 0.25) is 0 Å². The average Bonchev–Trinajstić information content (AvgIpc) is 2.51. The molecule has 0 bridgehead atoms. The smallest absolute Gasteiger partial charge is 0.0953 e. The highest BCUT2D eigenvalue weighted by Crippen LogP contribution is 2.29. The van der Waals surface area contributed by atoms with E-state index < -0.39 is 0 Å². The molecule has 14 heavy (non-hydrogen) atoms. The van der Waals surface area contributed by atoms with Crippen LogP contribution >= 0.6 is 11.3 Å². The van der Waals surface area contributed by atoms with Crippen molar-refractivity contribution in [3.8, 4) is 0 Å². The number of hydrogen-bond donors (Lipinski definition) is 1. The summed E-state index contributed by atoms with van der Waals surface area (Å²) in [4.78, 5) is 4.66. The third-order valence-electron chi connectivity index (χ3n) is 2.48. The molecule has 1 heterocycles. The fourth-order valence-electron chi connectivity index (χ4n) is 1.35. The Labute approximate surface area is 90.6 Å². The zero-order valence-electron chi connectivity index (χ0n) is 9.50. The van der Waals surface area contributed by atoms with E-state index in [2.05, 4.69) is 38.1 Å². The van der Waals surface area contributed by atoms with Crippen molar-refractivity contribution in [2.24, 2.45) is 5.73 Å². The Morgan fingerprint density at radius 2 is 2.14 bits per heavy atom. The second-order valence-electron chi connectivity index (χ2n) is 4.65. The zero-order valence-corrected chi connectivity index (χ0v) is 10.3. The van der Waals surface area contributed by atoms with E-state index in [9.17, 15) is 0 Å². The fraction of sp³-hybridized carbons (Fsp3) is 0.727. The topological polar surface area (TPSA) is 38.9 Å². The van der Waals surface area contributed by atoms with Gasteiger partial charge in [-0.05, 0) is 13.0 Å². The number of hydrogen-bond acceptors (Lipinski definition) is 3. The van der Waals surface area contributed by atoms with E-state index in [0.717, 1.165) is 13.0 Å². The van der Waals surface area contributed by atoms with Gasteiger partial charge in [-0.1, -0.05) is 27.7 Å². The summed E-state index contributed by atoms with van der Waals surface area (Å²) in [5, 5.41) is 3.40. The summed E-state index contributed by atoms with van der Waals surface area (Å²) in [6.07, 6.45) is 0.994. The van der Waals surface area contributed by atoms with E-state index in [-0.39, 0.29) is 5.41 Å². The molecule has 1 aromatic heterocycles. The van der Waals surface area contributed by atoms with Crippen molar-refractivity contribution in [2.75, 3.05) is 6.54 Å². The van der Waals surface area contributed by atoms with Crippen LogP contribution in [0.3, 0.4) is 0 Å². The van der Waals surface area contributed by atoms with Crippen LogP contribution in [0.5, 0.6) is 0 Å². The molecule has 2 N–H and O–H groups in total. The lowest BCUT2D eigenvalue weighted by atomic mass is 9.86. The molecular formula is C11H20N2S. The predicted molar refractivity (Wildman–Crippen MR) is 62.9 cm³/mol. The Morgan fingerprint density at radius 1 is 1.50 bits per heavy atom. The maximum absolute atomic E-state index is 5.59. The van der Waals surface area contributed by atoms with Gasteiger partial charge in [-0.2, -0.15) is 0 Å². The van der Waals surface area contributed by atoms with Gasteiger partial charge in [-0.3, -0.25) is 0 Å². The number of aromatic nitrogens is 1. The van der Waals surface area contributed by atoms with Crippen LogP contribution in [0, 0.1) is 0 Å². The highest BCUT2D eigenvalue weighted by Gasteiger charge is 2.23. The molecule has 0 atom stereocenters. The lowest BCUT2D eigenvalue weighted by Gasteiger charge is -2.21. The van der Waals surface area contributed by atoms with Gasteiger partial charge in [0.25, 0.3) is 0 Å². The third-order valence-corrected chi connectivity index (χ3v) is 3.62.